The average Bonchev–Trinajstić information content (AvgIpc) is 2.32. The summed E-state index contributed by atoms with van der Waals surface area (Å²) >= 11 is 5.72. The summed E-state index contributed by atoms with van der Waals surface area (Å²) in [5, 5.41) is 13.8. The van der Waals surface area contributed by atoms with Gasteiger partial charge in [0.25, 0.3) is 0 Å². The summed E-state index contributed by atoms with van der Waals surface area (Å²) in [7, 11) is 0. The molecule has 0 saturated carbocycles. The Morgan fingerprint density at radius 2 is 1.94 bits per heavy atom. The quantitative estimate of drug-likeness (QED) is 0.521. The van der Waals surface area contributed by atoms with E-state index in [1.165, 1.54) is 12.3 Å². The zero-order valence-corrected chi connectivity index (χ0v) is 10.3. The molecule has 2 rings (SSSR count). The molecule has 0 aliphatic carbocycles. The van der Waals surface area contributed by atoms with Crippen molar-refractivity contribution in [3.63, 3.8) is 0 Å². The molecule has 1 N–H and O–H groups in total. The number of hydrogen-bond donors (Lipinski definition) is 1. The highest BCUT2D eigenvalue weighted by molar-refractivity contribution is 6.32. The molecule has 0 aliphatic heterocycles. The average molecular weight is 264 g/mol. The minimum atomic E-state index is -0.550. The highest BCUT2D eigenvalue weighted by Gasteiger charge is 2.19. The number of benzene rings is 1. The fourth-order valence-electron chi connectivity index (χ4n) is 1.50. The van der Waals surface area contributed by atoms with Crippen LogP contribution in [0.15, 0.2) is 36.5 Å². The maximum Gasteiger partial charge on any atom is 0.329 e. The highest BCUT2D eigenvalue weighted by atomic mass is 35.5. The molecule has 1 aromatic heterocycles. The lowest BCUT2D eigenvalue weighted by molar-refractivity contribution is -0.384. The monoisotopic (exact) mass is 263 g/mol. The van der Waals surface area contributed by atoms with Crippen LogP contribution in [0.1, 0.15) is 5.56 Å². The van der Waals surface area contributed by atoms with Crippen LogP contribution in [0.25, 0.3) is 0 Å². The number of anilines is 2. The Bertz CT molecular complexity index is 584. The van der Waals surface area contributed by atoms with E-state index in [0.717, 1.165) is 11.3 Å². The lowest BCUT2D eigenvalue weighted by Crippen LogP contribution is -1.98. The Balaban J connectivity index is 2.37. The second kappa shape index (κ2) is 5.01. The van der Waals surface area contributed by atoms with Gasteiger partial charge in [-0.3, -0.25) is 10.1 Å². The maximum atomic E-state index is 10.9. The molecule has 18 heavy (non-hydrogen) atoms. The molecule has 0 fully saturated rings. The topological polar surface area (TPSA) is 68.1 Å². The molecule has 0 bridgehead atoms. The van der Waals surface area contributed by atoms with Crippen molar-refractivity contribution in [2.24, 2.45) is 0 Å². The number of rotatable bonds is 3. The van der Waals surface area contributed by atoms with Gasteiger partial charge in [-0.2, -0.15) is 0 Å². The summed E-state index contributed by atoms with van der Waals surface area (Å²) in [5.74, 6) is 0. The first kappa shape index (κ1) is 12.3. The fraction of sp³-hybridized carbons (Fsp3) is 0.0833. The van der Waals surface area contributed by atoms with Crippen molar-refractivity contribution in [1.29, 1.82) is 0 Å². The van der Waals surface area contributed by atoms with Gasteiger partial charge in [0.1, 0.15) is 5.69 Å². The second-order valence-electron chi connectivity index (χ2n) is 3.75. The zero-order chi connectivity index (χ0) is 13.1. The first-order valence-corrected chi connectivity index (χ1v) is 5.58. The van der Waals surface area contributed by atoms with Crippen molar-refractivity contribution in [3.05, 3.63) is 57.4 Å². The molecule has 2 aromatic rings. The molecule has 0 amide bonds. The van der Waals surface area contributed by atoms with Gasteiger partial charge < -0.3 is 5.32 Å². The molecular weight excluding hydrogens is 254 g/mol. The second-order valence-corrected chi connectivity index (χ2v) is 4.10. The summed E-state index contributed by atoms with van der Waals surface area (Å²) in [4.78, 5) is 14.1. The summed E-state index contributed by atoms with van der Waals surface area (Å²) in [6.07, 6.45) is 1.42. The van der Waals surface area contributed by atoms with E-state index in [1.807, 2.05) is 31.2 Å². The van der Waals surface area contributed by atoms with Crippen molar-refractivity contribution in [3.8, 4) is 0 Å². The van der Waals surface area contributed by atoms with Crippen LogP contribution in [0, 0.1) is 17.0 Å². The third-order valence-electron chi connectivity index (χ3n) is 2.39. The third-order valence-corrected chi connectivity index (χ3v) is 2.67. The number of nitrogens with zero attached hydrogens (tertiary/aromatic N) is 2. The van der Waals surface area contributed by atoms with Gasteiger partial charge in [0.05, 0.1) is 4.92 Å². The maximum absolute atomic E-state index is 10.9. The summed E-state index contributed by atoms with van der Waals surface area (Å²) in [6, 6.07) is 9.03. The van der Waals surface area contributed by atoms with Crippen molar-refractivity contribution in [1.82, 2.24) is 4.98 Å². The van der Waals surface area contributed by atoms with Gasteiger partial charge in [-0.15, -0.1) is 0 Å². The number of aromatic nitrogens is 1. The predicted molar refractivity (Wildman–Crippen MR) is 70.4 cm³/mol. The molecule has 0 atom stereocenters. The normalized spacial score (nSPS) is 10.1. The predicted octanol–water partition coefficient (Wildman–Crippen LogP) is 3.70. The van der Waals surface area contributed by atoms with Crippen molar-refractivity contribution in [2.75, 3.05) is 5.32 Å². The van der Waals surface area contributed by atoms with Gasteiger partial charge >= 0.3 is 5.69 Å². The van der Waals surface area contributed by atoms with Crippen LogP contribution < -0.4 is 5.32 Å². The molecule has 0 unspecified atom stereocenters. The molecule has 1 aromatic carbocycles. The number of nitro groups is 1. The Morgan fingerprint density at radius 1 is 1.28 bits per heavy atom. The standard InChI is InChI=1S/C12H10ClN3O2/c1-8-2-4-9(5-3-8)15-10-6-7-14-12(13)11(10)16(17)18/h2-7H,1H3,(H,14,15). The lowest BCUT2D eigenvalue weighted by Gasteiger charge is -2.07. The number of halogens is 1. The van der Waals surface area contributed by atoms with E-state index in [-0.39, 0.29) is 10.8 Å². The Kier molecular flexibility index (Phi) is 3.43. The molecular formula is C12H10ClN3O2. The van der Waals surface area contributed by atoms with E-state index in [1.54, 1.807) is 0 Å². The van der Waals surface area contributed by atoms with E-state index in [9.17, 15) is 10.1 Å². The van der Waals surface area contributed by atoms with E-state index in [0.29, 0.717) is 5.69 Å². The molecule has 1 heterocycles. The van der Waals surface area contributed by atoms with Crippen molar-refractivity contribution in [2.45, 2.75) is 6.92 Å². The van der Waals surface area contributed by atoms with Gasteiger partial charge in [-0.1, -0.05) is 29.3 Å². The number of pyridine rings is 1. The molecule has 0 spiro atoms. The van der Waals surface area contributed by atoms with Crippen LogP contribution in [0.3, 0.4) is 0 Å². The first-order chi connectivity index (χ1) is 8.58. The Hall–Kier alpha value is -2.14. The molecule has 92 valence electrons. The lowest BCUT2D eigenvalue weighted by atomic mass is 10.2. The first-order valence-electron chi connectivity index (χ1n) is 5.20. The fourth-order valence-corrected chi connectivity index (χ4v) is 1.72. The highest BCUT2D eigenvalue weighted by Crippen LogP contribution is 2.32. The van der Waals surface area contributed by atoms with Crippen LogP contribution in [-0.2, 0) is 0 Å². The van der Waals surface area contributed by atoms with E-state index >= 15 is 0 Å². The van der Waals surface area contributed by atoms with Gasteiger partial charge in [0.2, 0.25) is 5.15 Å². The Labute approximate surface area is 109 Å². The van der Waals surface area contributed by atoms with Crippen molar-refractivity contribution < 1.29 is 4.92 Å². The van der Waals surface area contributed by atoms with Crippen LogP contribution >= 0.6 is 11.6 Å². The van der Waals surface area contributed by atoms with E-state index < -0.39 is 4.92 Å². The third kappa shape index (κ3) is 2.57. The largest absolute Gasteiger partial charge is 0.350 e. The molecule has 6 heteroatoms. The van der Waals surface area contributed by atoms with Gasteiger partial charge in [0, 0.05) is 11.9 Å². The minimum absolute atomic E-state index is 0.128. The molecule has 0 radical (unpaired) electrons. The van der Waals surface area contributed by atoms with E-state index in [4.69, 9.17) is 11.6 Å². The van der Waals surface area contributed by atoms with Crippen LogP contribution in [0.5, 0.6) is 0 Å². The van der Waals surface area contributed by atoms with Crippen LogP contribution in [0.4, 0.5) is 17.1 Å². The van der Waals surface area contributed by atoms with Crippen molar-refractivity contribution >= 4 is 28.7 Å². The van der Waals surface area contributed by atoms with Gasteiger partial charge in [-0.25, -0.2) is 4.98 Å². The molecule has 0 aliphatic rings. The van der Waals surface area contributed by atoms with Crippen LogP contribution in [0.2, 0.25) is 5.15 Å². The molecule has 5 nitrogen and oxygen atoms in total. The van der Waals surface area contributed by atoms with Gasteiger partial charge in [-0.05, 0) is 25.1 Å². The summed E-state index contributed by atoms with van der Waals surface area (Å²) in [6.45, 7) is 1.97. The summed E-state index contributed by atoms with van der Waals surface area (Å²) in [5.41, 5.74) is 1.97. The minimum Gasteiger partial charge on any atom is -0.350 e. The summed E-state index contributed by atoms with van der Waals surface area (Å²) < 4.78 is 0. The number of nitrogens with one attached hydrogen (secondary N) is 1. The number of aryl methyl sites for hydroxylation is 1. The Morgan fingerprint density at radius 3 is 2.56 bits per heavy atom. The van der Waals surface area contributed by atoms with E-state index in [2.05, 4.69) is 10.3 Å². The van der Waals surface area contributed by atoms with Gasteiger partial charge in [0.15, 0.2) is 0 Å². The number of hydrogen-bond acceptors (Lipinski definition) is 4. The molecule has 0 saturated heterocycles. The van der Waals surface area contributed by atoms with Crippen LogP contribution in [-0.4, -0.2) is 9.91 Å². The zero-order valence-electron chi connectivity index (χ0n) is 9.55. The SMILES string of the molecule is Cc1ccc(Nc2ccnc(Cl)c2[N+](=O)[O-])cc1. The smallest absolute Gasteiger partial charge is 0.329 e.